The van der Waals surface area contributed by atoms with E-state index in [0.29, 0.717) is 13.0 Å². The maximum absolute atomic E-state index is 11.9. The smallest absolute Gasteiger partial charge is 0.303 e. The van der Waals surface area contributed by atoms with Crippen molar-refractivity contribution in [3.8, 4) is 0 Å². The largest absolute Gasteiger partial charge is 0.481 e. The molecular weight excluding hydrogens is 270 g/mol. The maximum atomic E-state index is 11.9. The van der Waals surface area contributed by atoms with Crippen LogP contribution in [-0.4, -0.2) is 33.3 Å². The van der Waals surface area contributed by atoms with Crippen molar-refractivity contribution in [1.29, 1.82) is 0 Å². The van der Waals surface area contributed by atoms with Gasteiger partial charge in [-0.25, -0.2) is 0 Å². The quantitative estimate of drug-likeness (QED) is 0.767. The highest BCUT2D eigenvalue weighted by Crippen LogP contribution is 2.25. The van der Waals surface area contributed by atoms with E-state index < -0.39 is 5.97 Å². The lowest BCUT2D eigenvalue weighted by atomic mass is 9.84. The van der Waals surface area contributed by atoms with E-state index >= 15 is 0 Å². The van der Waals surface area contributed by atoms with E-state index in [2.05, 4.69) is 10.4 Å². The molecule has 0 saturated heterocycles. The van der Waals surface area contributed by atoms with Crippen LogP contribution in [0.4, 0.5) is 0 Å². The molecule has 6 heteroatoms. The van der Waals surface area contributed by atoms with Gasteiger partial charge in [0.1, 0.15) is 6.54 Å². The standard InChI is InChI=1S/C15H25N3O3/c1-11-9-12(2)18(17-11)10-13(19)16-8-7-15(3,4)6-5-14(20)21/h9H,5-8,10H2,1-4H3,(H,16,19)(H,20,21). The van der Waals surface area contributed by atoms with Gasteiger partial charge in [0.15, 0.2) is 0 Å². The molecule has 0 atom stereocenters. The number of aliphatic carboxylic acids is 1. The first kappa shape index (κ1) is 17.2. The number of carbonyl (C=O) groups excluding carboxylic acids is 1. The molecule has 1 aromatic rings. The number of nitrogens with zero attached hydrogens (tertiary/aromatic N) is 2. The summed E-state index contributed by atoms with van der Waals surface area (Å²) >= 11 is 0. The molecule has 1 heterocycles. The van der Waals surface area contributed by atoms with Gasteiger partial charge in [0.25, 0.3) is 0 Å². The minimum Gasteiger partial charge on any atom is -0.481 e. The average Bonchev–Trinajstić information content (AvgIpc) is 2.65. The molecule has 1 aromatic heterocycles. The molecular formula is C15H25N3O3. The number of carbonyl (C=O) groups is 2. The Balaban J connectivity index is 2.33. The van der Waals surface area contributed by atoms with E-state index in [0.717, 1.165) is 17.8 Å². The van der Waals surface area contributed by atoms with E-state index in [1.807, 2.05) is 33.8 Å². The summed E-state index contributed by atoms with van der Waals surface area (Å²) in [5.74, 6) is -0.855. The summed E-state index contributed by atoms with van der Waals surface area (Å²) < 4.78 is 1.68. The minimum atomic E-state index is -0.781. The summed E-state index contributed by atoms with van der Waals surface area (Å²) in [4.78, 5) is 22.4. The Morgan fingerprint density at radius 3 is 2.52 bits per heavy atom. The molecule has 0 radical (unpaired) electrons. The Labute approximate surface area is 125 Å². The van der Waals surface area contributed by atoms with Crippen LogP contribution in [0.3, 0.4) is 0 Å². The van der Waals surface area contributed by atoms with Gasteiger partial charge in [-0.15, -0.1) is 0 Å². The molecule has 118 valence electrons. The molecule has 0 spiro atoms. The Bertz CT molecular complexity index is 506. The van der Waals surface area contributed by atoms with E-state index in [9.17, 15) is 9.59 Å². The lowest BCUT2D eigenvalue weighted by molar-refractivity contribution is -0.137. The number of carboxylic acids is 1. The van der Waals surface area contributed by atoms with Crippen LogP contribution in [0.15, 0.2) is 6.07 Å². The van der Waals surface area contributed by atoms with Crippen molar-refractivity contribution in [3.05, 3.63) is 17.5 Å². The summed E-state index contributed by atoms with van der Waals surface area (Å²) in [6.45, 7) is 8.61. The zero-order chi connectivity index (χ0) is 16.0. The van der Waals surface area contributed by atoms with Crippen LogP contribution in [0.25, 0.3) is 0 Å². The average molecular weight is 295 g/mol. The molecule has 0 unspecified atom stereocenters. The van der Waals surface area contributed by atoms with E-state index in [-0.39, 0.29) is 24.3 Å². The second-order valence-electron chi connectivity index (χ2n) is 6.24. The van der Waals surface area contributed by atoms with Crippen LogP contribution < -0.4 is 5.32 Å². The molecule has 0 aliphatic carbocycles. The topological polar surface area (TPSA) is 84.2 Å². The SMILES string of the molecule is Cc1cc(C)n(CC(=O)NCCC(C)(C)CCC(=O)O)n1. The highest BCUT2D eigenvalue weighted by atomic mass is 16.4. The number of rotatable bonds is 8. The fourth-order valence-corrected chi connectivity index (χ4v) is 2.14. The molecule has 0 saturated carbocycles. The van der Waals surface area contributed by atoms with Crippen LogP contribution in [0, 0.1) is 19.3 Å². The number of hydrogen-bond donors (Lipinski definition) is 2. The fraction of sp³-hybridized carbons (Fsp3) is 0.667. The molecule has 0 aliphatic heterocycles. The van der Waals surface area contributed by atoms with Crippen molar-refractivity contribution in [2.24, 2.45) is 5.41 Å². The summed E-state index contributed by atoms with van der Waals surface area (Å²) in [6, 6.07) is 1.93. The second kappa shape index (κ2) is 7.24. The van der Waals surface area contributed by atoms with Gasteiger partial charge in [-0.05, 0) is 38.2 Å². The highest BCUT2D eigenvalue weighted by molar-refractivity contribution is 5.75. The summed E-state index contributed by atoms with van der Waals surface area (Å²) in [7, 11) is 0. The Kier molecular flexibility index (Phi) is 5.93. The van der Waals surface area contributed by atoms with Crippen molar-refractivity contribution in [3.63, 3.8) is 0 Å². The van der Waals surface area contributed by atoms with Gasteiger partial charge in [-0.2, -0.15) is 5.10 Å². The third kappa shape index (κ3) is 6.42. The molecule has 1 amide bonds. The molecule has 0 aromatic carbocycles. The fourth-order valence-electron chi connectivity index (χ4n) is 2.14. The van der Waals surface area contributed by atoms with E-state index in [4.69, 9.17) is 5.11 Å². The van der Waals surface area contributed by atoms with Crippen molar-refractivity contribution >= 4 is 11.9 Å². The van der Waals surface area contributed by atoms with Gasteiger partial charge >= 0.3 is 5.97 Å². The number of carboxylic acid groups (broad SMARTS) is 1. The normalized spacial score (nSPS) is 11.4. The van der Waals surface area contributed by atoms with Crippen LogP contribution in [-0.2, 0) is 16.1 Å². The first-order valence-electron chi connectivity index (χ1n) is 7.19. The highest BCUT2D eigenvalue weighted by Gasteiger charge is 2.19. The van der Waals surface area contributed by atoms with Gasteiger partial charge in [0, 0.05) is 18.7 Å². The van der Waals surface area contributed by atoms with Crippen molar-refractivity contribution in [2.45, 2.75) is 53.5 Å². The van der Waals surface area contributed by atoms with Crippen molar-refractivity contribution in [2.75, 3.05) is 6.54 Å². The Morgan fingerprint density at radius 1 is 1.33 bits per heavy atom. The van der Waals surface area contributed by atoms with Gasteiger partial charge in [-0.1, -0.05) is 13.8 Å². The van der Waals surface area contributed by atoms with Crippen LogP contribution in [0.5, 0.6) is 0 Å². The number of nitrogens with one attached hydrogen (secondary N) is 1. The molecule has 21 heavy (non-hydrogen) atoms. The third-order valence-electron chi connectivity index (χ3n) is 3.54. The van der Waals surface area contributed by atoms with Gasteiger partial charge < -0.3 is 10.4 Å². The summed E-state index contributed by atoms with van der Waals surface area (Å²) in [5.41, 5.74) is 1.77. The Morgan fingerprint density at radius 2 is 2.00 bits per heavy atom. The van der Waals surface area contributed by atoms with Gasteiger partial charge in [0.05, 0.1) is 5.69 Å². The van der Waals surface area contributed by atoms with Gasteiger partial charge in [0.2, 0.25) is 5.91 Å². The molecule has 2 N–H and O–H groups in total. The van der Waals surface area contributed by atoms with E-state index in [1.165, 1.54) is 0 Å². The lowest BCUT2D eigenvalue weighted by Gasteiger charge is -2.23. The predicted octanol–water partition coefficient (Wildman–Crippen LogP) is 1.90. The monoisotopic (exact) mass is 295 g/mol. The van der Waals surface area contributed by atoms with Crippen LogP contribution in [0.1, 0.15) is 44.5 Å². The number of amides is 1. The summed E-state index contributed by atoms with van der Waals surface area (Å²) in [5, 5.41) is 15.8. The second-order valence-corrected chi connectivity index (χ2v) is 6.24. The minimum absolute atomic E-state index is 0.0739. The summed E-state index contributed by atoms with van der Waals surface area (Å²) in [6.07, 6.45) is 1.52. The zero-order valence-corrected chi connectivity index (χ0v) is 13.3. The van der Waals surface area contributed by atoms with Crippen LogP contribution in [0.2, 0.25) is 0 Å². The molecule has 6 nitrogen and oxygen atoms in total. The first-order chi connectivity index (χ1) is 9.69. The van der Waals surface area contributed by atoms with Crippen molar-refractivity contribution < 1.29 is 14.7 Å². The Hall–Kier alpha value is -1.85. The first-order valence-corrected chi connectivity index (χ1v) is 7.19. The molecule has 1 rings (SSSR count). The maximum Gasteiger partial charge on any atom is 0.303 e. The molecule has 0 bridgehead atoms. The number of aryl methyl sites for hydroxylation is 2. The van der Waals surface area contributed by atoms with Gasteiger partial charge in [-0.3, -0.25) is 14.3 Å². The number of hydrogen-bond acceptors (Lipinski definition) is 3. The zero-order valence-electron chi connectivity index (χ0n) is 13.3. The van der Waals surface area contributed by atoms with E-state index in [1.54, 1.807) is 4.68 Å². The van der Waals surface area contributed by atoms with Crippen molar-refractivity contribution in [1.82, 2.24) is 15.1 Å². The molecule has 0 aliphatic rings. The number of aromatic nitrogens is 2. The third-order valence-corrected chi connectivity index (χ3v) is 3.54. The lowest BCUT2D eigenvalue weighted by Crippen LogP contribution is -2.31. The van der Waals surface area contributed by atoms with Crippen LogP contribution >= 0.6 is 0 Å². The predicted molar refractivity (Wildman–Crippen MR) is 80.0 cm³/mol. The molecule has 0 fully saturated rings.